The lowest BCUT2D eigenvalue weighted by atomic mass is 10.1. The van der Waals surface area contributed by atoms with Crippen molar-refractivity contribution in [2.75, 3.05) is 0 Å². The van der Waals surface area contributed by atoms with Crippen molar-refractivity contribution in [1.82, 2.24) is 4.90 Å². The highest BCUT2D eigenvalue weighted by atomic mass is 35.5. The Labute approximate surface area is 154 Å². The third-order valence-electron chi connectivity index (χ3n) is 4.09. The molecule has 2 amide bonds. The van der Waals surface area contributed by atoms with E-state index in [2.05, 4.69) is 0 Å². The summed E-state index contributed by atoms with van der Waals surface area (Å²) >= 11 is 5.89. The van der Waals surface area contributed by atoms with Crippen LogP contribution in [0.15, 0.2) is 42.5 Å². The number of carbonyl (C=O) groups excluding carboxylic acids is 3. The van der Waals surface area contributed by atoms with Gasteiger partial charge in [0.25, 0.3) is 0 Å². The SMILES string of the molecule is O=C(OCc1c(F)cccc1Cl)c1ccc(CN2C(=O)CCC2=O)cc1. The number of esters is 1. The molecule has 3 rings (SSSR count). The second-order valence-corrected chi connectivity index (χ2v) is 6.25. The average Bonchev–Trinajstić information content (AvgIpc) is 2.94. The molecule has 0 saturated carbocycles. The molecule has 0 aliphatic carbocycles. The van der Waals surface area contributed by atoms with E-state index in [1.165, 1.54) is 35.2 Å². The molecule has 0 unspecified atom stereocenters. The first-order chi connectivity index (χ1) is 12.5. The van der Waals surface area contributed by atoms with Gasteiger partial charge < -0.3 is 4.74 Å². The fraction of sp³-hybridized carbons (Fsp3) is 0.211. The lowest BCUT2D eigenvalue weighted by Crippen LogP contribution is -2.28. The summed E-state index contributed by atoms with van der Waals surface area (Å²) in [6.07, 6.45) is 0.476. The van der Waals surface area contributed by atoms with Gasteiger partial charge in [0.15, 0.2) is 0 Å². The van der Waals surface area contributed by atoms with Crippen molar-refractivity contribution in [3.63, 3.8) is 0 Å². The molecule has 1 heterocycles. The minimum absolute atomic E-state index is 0.116. The fourth-order valence-corrected chi connectivity index (χ4v) is 2.84. The fourth-order valence-electron chi connectivity index (χ4n) is 2.62. The number of rotatable bonds is 5. The molecule has 0 spiro atoms. The van der Waals surface area contributed by atoms with Crippen molar-refractivity contribution in [2.45, 2.75) is 26.0 Å². The Kier molecular flexibility index (Phi) is 5.32. The van der Waals surface area contributed by atoms with E-state index in [1.807, 2.05) is 0 Å². The number of likely N-dealkylation sites (tertiary alicyclic amines) is 1. The maximum absolute atomic E-state index is 13.7. The highest BCUT2D eigenvalue weighted by molar-refractivity contribution is 6.31. The van der Waals surface area contributed by atoms with Crippen molar-refractivity contribution >= 4 is 29.4 Å². The lowest BCUT2D eigenvalue weighted by Gasteiger charge is -2.14. The third-order valence-corrected chi connectivity index (χ3v) is 4.45. The van der Waals surface area contributed by atoms with Crippen LogP contribution in [-0.4, -0.2) is 22.7 Å². The Hall–Kier alpha value is -2.73. The zero-order valence-electron chi connectivity index (χ0n) is 13.7. The molecular weight excluding hydrogens is 361 g/mol. The minimum atomic E-state index is -0.621. The highest BCUT2D eigenvalue weighted by Gasteiger charge is 2.28. The maximum atomic E-state index is 13.7. The Morgan fingerprint density at radius 1 is 1.08 bits per heavy atom. The maximum Gasteiger partial charge on any atom is 0.338 e. The summed E-state index contributed by atoms with van der Waals surface area (Å²) in [7, 11) is 0. The van der Waals surface area contributed by atoms with Gasteiger partial charge in [-0.15, -0.1) is 0 Å². The molecule has 1 aliphatic heterocycles. The predicted octanol–water partition coefficient (Wildman–Crippen LogP) is 3.49. The molecule has 7 heteroatoms. The Morgan fingerprint density at radius 2 is 1.73 bits per heavy atom. The van der Waals surface area contributed by atoms with Crippen LogP contribution in [0.1, 0.15) is 34.3 Å². The lowest BCUT2D eigenvalue weighted by molar-refractivity contribution is -0.139. The van der Waals surface area contributed by atoms with Crippen LogP contribution in [0, 0.1) is 5.82 Å². The van der Waals surface area contributed by atoms with E-state index in [0.29, 0.717) is 0 Å². The summed E-state index contributed by atoms with van der Waals surface area (Å²) in [5, 5.41) is 0.188. The van der Waals surface area contributed by atoms with Gasteiger partial charge in [0.05, 0.1) is 17.1 Å². The van der Waals surface area contributed by atoms with E-state index in [0.717, 1.165) is 5.56 Å². The molecule has 2 aromatic rings. The number of hydrogen-bond acceptors (Lipinski definition) is 4. The molecule has 0 aromatic heterocycles. The molecule has 0 N–H and O–H groups in total. The Morgan fingerprint density at radius 3 is 2.35 bits per heavy atom. The minimum Gasteiger partial charge on any atom is -0.457 e. The van der Waals surface area contributed by atoms with E-state index in [9.17, 15) is 18.8 Å². The molecule has 1 saturated heterocycles. The van der Waals surface area contributed by atoms with Gasteiger partial charge in [0.2, 0.25) is 11.8 Å². The summed E-state index contributed by atoms with van der Waals surface area (Å²) in [4.78, 5) is 36.6. The zero-order chi connectivity index (χ0) is 18.7. The summed E-state index contributed by atoms with van der Waals surface area (Å²) in [6, 6.07) is 10.6. The monoisotopic (exact) mass is 375 g/mol. The van der Waals surface area contributed by atoms with Crippen LogP contribution in [-0.2, 0) is 27.5 Å². The van der Waals surface area contributed by atoms with Crippen molar-refractivity contribution in [2.24, 2.45) is 0 Å². The first-order valence-electron chi connectivity index (χ1n) is 7.98. The number of nitrogens with zero attached hydrogens (tertiary/aromatic N) is 1. The third kappa shape index (κ3) is 3.91. The molecular formula is C19H15ClFNO4. The zero-order valence-corrected chi connectivity index (χ0v) is 14.5. The van der Waals surface area contributed by atoms with Crippen molar-refractivity contribution in [3.05, 3.63) is 70.0 Å². The van der Waals surface area contributed by atoms with Crippen molar-refractivity contribution in [1.29, 1.82) is 0 Å². The number of carbonyl (C=O) groups is 3. The van der Waals surface area contributed by atoms with Crippen LogP contribution in [0.5, 0.6) is 0 Å². The van der Waals surface area contributed by atoms with E-state index in [-0.39, 0.29) is 54.0 Å². The van der Waals surface area contributed by atoms with Gasteiger partial charge in [-0.3, -0.25) is 14.5 Å². The first kappa shape index (κ1) is 18.1. The summed E-state index contributed by atoms with van der Waals surface area (Å²) < 4.78 is 18.8. The summed E-state index contributed by atoms with van der Waals surface area (Å²) in [5.41, 5.74) is 1.12. The highest BCUT2D eigenvalue weighted by Crippen LogP contribution is 2.21. The summed E-state index contributed by atoms with van der Waals surface area (Å²) in [6.45, 7) is -0.0965. The molecule has 26 heavy (non-hydrogen) atoms. The summed E-state index contributed by atoms with van der Waals surface area (Å²) in [5.74, 6) is -1.55. The Bertz CT molecular complexity index is 830. The second-order valence-electron chi connectivity index (χ2n) is 5.85. The van der Waals surface area contributed by atoms with Gasteiger partial charge in [0.1, 0.15) is 12.4 Å². The van der Waals surface area contributed by atoms with Gasteiger partial charge >= 0.3 is 5.97 Å². The van der Waals surface area contributed by atoms with Crippen LogP contribution in [0.25, 0.3) is 0 Å². The van der Waals surface area contributed by atoms with Gasteiger partial charge in [-0.25, -0.2) is 9.18 Å². The molecule has 0 radical (unpaired) electrons. The number of ether oxygens (including phenoxy) is 1. The molecule has 0 bridgehead atoms. The molecule has 1 fully saturated rings. The van der Waals surface area contributed by atoms with Gasteiger partial charge in [-0.1, -0.05) is 29.8 Å². The largest absolute Gasteiger partial charge is 0.457 e. The molecule has 5 nitrogen and oxygen atoms in total. The molecule has 0 atom stereocenters. The topological polar surface area (TPSA) is 63.7 Å². The van der Waals surface area contributed by atoms with Gasteiger partial charge in [0, 0.05) is 18.4 Å². The van der Waals surface area contributed by atoms with Gasteiger partial charge in [-0.05, 0) is 29.8 Å². The molecule has 2 aromatic carbocycles. The van der Waals surface area contributed by atoms with Crippen LogP contribution < -0.4 is 0 Å². The quantitative estimate of drug-likeness (QED) is 0.593. The smallest absolute Gasteiger partial charge is 0.338 e. The number of amides is 2. The second kappa shape index (κ2) is 7.66. The van der Waals surface area contributed by atoms with E-state index in [1.54, 1.807) is 12.1 Å². The Balaban J connectivity index is 1.62. The van der Waals surface area contributed by atoms with Crippen molar-refractivity contribution in [3.8, 4) is 0 Å². The standard InChI is InChI=1S/C19H15ClFNO4/c20-15-2-1-3-16(21)14(15)11-26-19(25)13-6-4-12(5-7-13)10-22-17(23)8-9-18(22)24/h1-7H,8-11H2. The van der Waals surface area contributed by atoms with E-state index >= 15 is 0 Å². The number of imide groups is 1. The van der Waals surface area contributed by atoms with Crippen LogP contribution in [0.3, 0.4) is 0 Å². The van der Waals surface area contributed by atoms with Crippen LogP contribution >= 0.6 is 11.6 Å². The van der Waals surface area contributed by atoms with Crippen LogP contribution in [0.2, 0.25) is 5.02 Å². The molecule has 134 valence electrons. The number of benzene rings is 2. The number of hydrogen-bond donors (Lipinski definition) is 0. The van der Waals surface area contributed by atoms with Crippen molar-refractivity contribution < 1.29 is 23.5 Å². The number of halogens is 2. The predicted molar refractivity (Wildman–Crippen MR) is 91.8 cm³/mol. The van der Waals surface area contributed by atoms with Crippen LogP contribution in [0.4, 0.5) is 4.39 Å². The first-order valence-corrected chi connectivity index (χ1v) is 8.35. The normalized spacial score (nSPS) is 14.0. The molecule has 1 aliphatic rings. The van der Waals surface area contributed by atoms with Gasteiger partial charge in [-0.2, -0.15) is 0 Å². The van der Waals surface area contributed by atoms with E-state index < -0.39 is 11.8 Å². The van der Waals surface area contributed by atoms with E-state index in [4.69, 9.17) is 16.3 Å². The average molecular weight is 376 g/mol.